The van der Waals surface area contributed by atoms with Gasteiger partial charge >= 0.3 is 0 Å². The molecule has 116 valence electrons. The molecule has 3 rings (SSSR count). The van der Waals surface area contributed by atoms with Crippen LogP contribution in [-0.4, -0.2) is 48.5 Å². The van der Waals surface area contributed by atoms with Crippen LogP contribution in [0.1, 0.15) is 31.2 Å². The molecule has 1 saturated heterocycles. The molecule has 1 unspecified atom stereocenters. The predicted octanol–water partition coefficient (Wildman–Crippen LogP) is 2.20. The minimum atomic E-state index is 0.0956. The molecule has 4 nitrogen and oxygen atoms in total. The number of ether oxygens (including phenoxy) is 2. The third-order valence-corrected chi connectivity index (χ3v) is 4.50. The van der Waals surface area contributed by atoms with Gasteiger partial charge in [0.15, 0.2) is 0 Å². The van der Waals surface area contributed by atoms with Crippen LogP contribution in [0.2, 0.25) is 0 Å². The van der Waals surface area contributed by atoms with Crippen molar-refractivity contribution in [2.75, 3.05) is 26.4 Å². The minimum absolute atomic E-state index is 0.0956. The summed E-state index contributed by atoms with van der Waals surface area (Å²) in [5, 5.41) is 9.49. The number of morpholine rings is 1. The molecule has 0 aromatic heterocycles. The van der Waals surface area contributed by atoms with Gasteiger partial charge in [0.2, 0.25) is 0 Å². The van der Waals surface area contributed by atoms with Crippen molar-refractivity contribution >= 4 is 0 Å². The first-order valence-corrected chi connectivity index (χ1v) is 8.04. The van der Waals surface area contributed by atoms with E-state index in [0.717, 1.165) is 25.4 Å². The Morgan fingerprint density at radius 3 is 2.86 bits per heavy atom. The molecular weight excluding hydrogens is 266 g/mol. The van der Waals surface area contributed by atoms with Crippen LogP contribution < -0.4 is 4.74 Å². The lowest BCUT2D eigenvalue weighted by Gasteiger charge is -2.34. The maximum atomic E-state index is 9.49. The van der Waals surface area contributed by atoms with Crippen LogP contribution in [-0.2, 0) is 11.3 Å². The number of hydrogen-bond acceptors (Lipinski definition) is 4. The molecular formula is C17H25NO3. The molecule has 1 heterocycles. The molecule has 1 aliphatic heterocycles. The molecule has 2 fully saturated rings. The summed E-state index contributed by atoms with van der Waals surface area (Å²) in [6, 6.07) is 8.40. The lowest BCUT2D eigenvalue weighted by Crippen LogP contribution is -2.46. The van der Waals surface area contributed by atoms with E-state index in [-0.39, 0.29) is 12.6 Å². The average Bonchev–Trinajstić information content (AvgIpc) is 3.03. The lowest BCUT2D eigenvalue weighted by atomic mass is 10.1. The Morgan fingerprint density at radius 2 is 2.05 bits per heavy atom. The number of hydrogen-bond donors (Lipinski definition) is 1. The van der Waals surface area contributed by atoms with E-state index in [0.29, 0.717) is 12.7 Å². The van der Waals surface area contributed by atoms with Gasteiger partial charge in [-0.25, -0.2) is 0 Å². The quantitative estimate of drug-likeness (QED) is 0.903. The summed E-state index contributed by atoms with van der Waals surface area (Å²) in [5.41, 5.74) is 1.21. The molecule has 2 aliphatic rings. The van der Waals surface area contributed by atoms with Crippen LogP contribution in [0, 0.1) is 0 Å². The predicted molar refractivity (Wildman–Crippen MR) is 81.4 cm³/mol. The normalized spacial score (nSPS) is 24.3. The Kier molecular flexibility index (Phi) is 5.12. The van der Waals surface area contributed by atoms with Gasteiger partial charge in [0.05, 0.1) is 32.0 Å². The zero-order valence-corrected chi connectivity index (χ0v) is 12.5. The molecule has 1 aromatic carbocycles. The van der Waals surface area contributed by atoms with Crippen molar-refractivity contribution in [3.05, 3.63) is 29.8 Å². The van der Waals surface area contributed by atoms with Gasteiger partial charge < -0.3 is 14.6 Å². The molecule has 1 N–H and O–H groups in total. The molecule has 1 atom stereocenters. The Labute approximate surface area is 126 Å². The first-order valence-electron chi connectivity index (χ1n) is 8.04. The van der Waals surface area contributed by atoms with Gasteiger partial charge in [-0.15, -0.1) is 0 Å². The highest BCUT2D eigenvalue weighted by Crippen LogP contribution is 2.28. The second-order valence-electron chi connectivity index (χ2n) is 6.01. The van der Waals surface area contributed by atoms with E-state index in [1.54, 1.807) is 0 Å². The lowest BCUT2D eigenvalue weighted by molar-refractivity contribution is -0.0316. The zero-order valence-electron chi connectivity index (χ0n) is 12.5. The van der Waals surface area contributed by atoms with E-state index in [4.69, 9.17) is 9.47 Å². The van der Waals surface area contributed by atoms with E-state index >= 15 is 0 Å². The van der Waals surface area contributed by atoms with E-state index in [9.17, 15) is 5.11 Å². The standard InChI is InChI=1S/C17H25NO3/c19-12-15-13-20-10-9-18(15)11-14-5-1-4-8-17(14)21-16-6-2-3-7-16/h1,4-5,8,15-16,19H,2-3,6-7,9-13H2. The number of aliphatic hydroxyl groups is 1. The Morgan fingerprint density at radius 1 is 1.24 bits per heavy atom. The minimum Gasteiger partial charge on any atom is -0.490 e. The van der Waals surface area contributed by atoms with Crippen molar-refractivity contribution in [3.63, 3.8) is 0 Å². The Bertz CT molecular complexity index is 445. The summed E-state index contributed by atoms with van der Waals surface area (Å²) in [6.45, 7) is 3.18. The number of aliphatic hydroxyl groups excluding tert-OH is 1. The van der Waals surface area contributed by atoms with E-state index in [1.807, 2.05) is 6.07 Å². The third-order valence-electron chi connectivity index (χ3n) is 4.50. The summed E-state index contributed by atoms with van der Waals surface area (Å²) in [4.78, 5) is 2.29. The van der Waals surface area contributed by atoms with Crippen molar-refractivity contribution in [1.82, 2.24) is 4.90 Å². The van der Waals surface area contributed by atoms with Crippen LogP contribution in [0.15, 0.2) is 24.3 Å². The van der Waals surface area contributed by atoms with Gasteiger partial charge in [-0.2, -0.15) is 0 Å². The Balaban J connectivity index is 1.68. The van der Waals surface area contributed by atoms with Crippen LogP contribution in [0.25, 0.3) is 0 Å². The topological polar surface area (TPSA) is 41.9 Å². The highest BCUT2D eigenvalue weighted by molar-refractivity contribution is 5.33. The average molecular weight is 291 g/mol. The van der Waals surface area contributed by atoms with Gasteiger partial charge in [0.25, 0.3) is 0 Å². The van der Waals surface area contributed by atoms with Gasteiger partial charge in [0.1, 0.15) is 5.75 Å². The summed E-state index contributed by atoms with van der Waals surface area (Å²) < 4.78 is 11.6. The smallest absolute Gasteiger partial charge is 0.124 e. The summed E-state index contributed by atoms with van der Waals surface area (Å²) in [6.07, 6.45) is 5.28. The van der Waals surface area contributed by atoms with Crippen LogP contribution in [0.5, 0.6) is 5.75 Å². The molecule has 0 spiro atoms. The first kappa shape index (κ1) is 14.8. The van der Waals surface area contributed by atoms with Crippen molar-refractivity contribution in [1.29, 1.82) is 0 Å². The van der Waals surface area contributed by atoms with E-state index < -0.39 is 0 Å². The summed E-state index contributed by atoms with van der Waals surface area (Å²) in [7, 11) is 0. The molecule has 0 radical (unpaired) electrons. The van der Waals surface area contributed by atoms with Gasteiger partial charge in [-0.05, 0) is 31.7 Å². The molecule has 1 saturated carbocycles. The highest BCUT2D eigenvalue weighted by atomic mass is 16.5. The molecule has 1 aromatic rings. The largest absolute Gasteiger partial charge is 0.490 e. The second-order valence-corrected chi connectivity index (χ2v) is 6.01. The third kappa shape index (κ3) is 3.76. The van der Waals surface area contributed by atoms with Gasteiger partial charge in [0, 0.05) is 18.7 Å². The van der Waals surface area contributed by atoms with Crippen molar-refractivity contribution in [2.24, 2.45) is 0 Å². The molecule has 4 heteroatoms. The van der Waals surface area contributed by atoms with Crippen molar-refractivity contribution in [3.8, 4) is 5.75 Å². The molecule has 21 heavy (non-hydrogen) atoms. The van der Waals surface area contributed by atoms with Gasteiger partial charge in [-0.1, -0.05) is 18.2 Å². The van der Waals surface area contributed by atoms with Crippen LogP contribution in [0.4, 0.5) is 0 Å². The fraction of sp³-hybridized carbons (Fsp3) is 0.647. The number of nitrogens with zero attached hydrogens (tertiary/aromatic N) is 1. The maximum absolute atomic E-state index is 9.49. The Hall–Kier alpha value is -1.10. The van der Waals surface area contributed by atoms with Crippen LogP contribution >= 0.6 is 0 Å². The zero-order chi connectivity index (χ0) is 14.5. The fourth-order valence-corrected chi connectivity index (χ4v) is 3.22. The summed E-state index contributed by atoms with van der Waals surface area (Å²) in [5.74, 6) is 1.01. The number of rotatable bonds is 5. The number of benzene rings is 1. The SMILES string of the molecule is OCC1COCCN1Cc1ccccc1OC1CCCC1. The van der Waals surface area contributed by atoms with Crippen molar-refractivity contribution < 1.29 is 14.6 Å². The van der Waals surface area contributed by atoms with Crippen LogP contribution in [0.3, 0.4) is 0 Å². The molecule has 0 amide bonds. The van der Waals surface area contributed by atoms with E-state index in [2.05, 4.69) is 23.1 Å². The second kappa shape index (κ2) is 7.25. The number of para-hydroxylation sites is 1. The fourth-order valence-electron chi connectivity index (χ4n) is 3.22. The molecule has 1 aliphatic carbocycles. The highest BCUT2D eigenvalue weighted by Gasteiger charge is 2.24. The summed E-state index contributed by atoms with van der Waals surface area (Å²) >= 11 is 0. The molecule has 0 bridgehead atoms. The maximum Gasteiger partial charge on any atom is 0.124 e. The first-order chi connectivity index (χ1) is 10.4. The monoisotopic (exact) mass is 291 g/mol. The van der Waals surface area contributed by atoms with Gasteiger partial charge in [-0.3, -0.25) is 4.90 Å². The van der Waals surface area contributed by atoms with Crippen molar-refractivity contribution in [2.45, 2.75) is 44.4 Å². The van der Waals surface area contributed by atoms with E-state index in [1.165, 1.54) is 31.2 Å².